The van der Waals surface area contributed by atoms with Crippen LogP contribution in [0.4, 0.5) is 11.4 Å². The van der Waals surface area contributed by atoms with Gasteiger partial charge in [0.2, 0.25) is 5.75 Å². The van der Waals surface area contributed by atoms with Crippen molar-refractivity contribution >= 4 is 17.3 Å². The lowest BCUT2D eigenvalue weighted by Crippen LogP contribution is -2.09. The predicted octanol–water partition coefficient (Wildman–Crippen LogP) is 3.26. The molecule has 27 heavy (non-hydrogen) atoms. The van der Waals surface area contributed by atoms with Gasteiger partial charge in [-0.2, -0.15) is 0 Å². The number of ether oxygens (including phenoxy) is 6. The Morgan fingerprint density at radius 3 is 1.89 bits per heavy atom. The van der Waals surface area contributed by atoms with Gasteiger partial charge in [0.25, 0.3) is 0 Å². The number of methoxy groups -OCH3 is 6. The number of hydrogen-bond donors (Lipinski definition) is 1. The fourth-order valence-electron chi connectivity index (χ4n) is 2.61. The molecule has 0 unspecified atom stereocenters. The van der Waals surface area contributed by atoms with Gasteiger partial charge >= 0.3 is 5.97 Å². The molecule has 8 heteroatoms. The van der Waals surface area contributed by atoms with Gasteiger partial charge in [-0.15, -0.1) is 0 Å². The lowest BCUT2D eigenvalue weighted by atomic mass is 10.1. The maximum Gasteiger partial charge on any atom is 0.340 e. The first-order valence-corrected chi connectivity index (χ1v) is 7.94. The predicted molar refractivity (Wildman–Crippen MR) is 100 cm³/mol. The smallest absolute Gasteiger partial charge is 0.340 e. The van der Waals surface area contributed by atoms with Gasteiger partial charge in [-0.1, -0.05) is 0 Å². The maximum absolute atomic E-state index is 12.3. The van der Waals surface area contributed by atoms with E-state index >= 15 is 0 Å². The monoisotopic (exact) mass is 377 g/mol. The molecule has 2 rings (SSSR count). The summed E-state index contributed by atoms with van der Waals surface area (Å²) in [5, 5.41) is 3.16. The minimum Gasteiger partial charge on any atom is -0.493 e. The molecule has 0 aliphatic carbocycles. The van der Waals surface area contributed by atoms with Crippen LogP contribution < -0.4 is 29.0 Å². The third-order valence-electron chi connectivity index (χ3n) is 3.89. The molecule has 0 fully saturated rings. The number of hydrogen-bond acceptors (Lipinski definition) is 8. The van der Waals surface area contributed by atoms with Crippen molar-refractivity contribution in [3.05, 3.63) is 29.8 Å². The van der Waals surface area contributed by atoms with Crippen LogP contribution in [0.5, 0.6) is 28.7 Å². The van der Waals surface area contributed by atoms with Gasteiger partial charge in [-0.25, -0.2) is 4.79 Å². The van der Waals surface area contributed by atoms with Crippen molar-refractivity contribution in [3.8, 4) is 28.7 Å². The van der Waals surface area contributed by atoms with Gasteiger partial charge in [-0.3, -0.25) is 0 Å². The third kappa shape index (κ3) is 3.94. The molecule has 1 N–H and O–H groups in total. The highest BCUT2D eigenvalue weighted by Gasteiger charge is 2.25. The molecule has 0 spiro atoms. The number of rotatable bonds is 8. The van der Waals surface area contributed by atoms with Crippen LogP contribution in [0.2, 0.25) is 0 Å². The second-order valence-corrected chi connectivity index (χ2v) is 5.25. The van der Waals surface area contributed by atoms with E-state index in [0.29, 0.717) is 40.1 Å². The highest BCUT2D eigenvalue weighted by molar-refractivity contribution is 6.00. The molecule has 0 aliphatic rings. The van der Waals surface area contributed by atoms with E-state index in [4.69, 9.17) is 28.4 Å². The SMILES string of the molecule is COC(=O)c1cc(OC)c(OC)c(OC)c1Nc1ccc(OC)c(OC)c1. The highest BCUT2D eigenvalue weighted by Crippen LogP contribution is 2.46. The fourth-order valence-corrected chi connectivity index (χ4v) is 2.61. The Balaban J connectivity index is 2.65. The molecule has 8 nitrogen and oxygen atoms in total. The number of carbonyl (C=O) groups excluding carboxylic acids is 1. The highest BCUT2D eigenvalue weighted by atomic mass is 16.5. The number of anilines is 2. The number of benzene rings is 2. The molecule has 2 aromatic carbocycles. The number of carbonyl (C=O) groups is 1. The first-order valence-electron chi connectivity index (χ1n) is 7.94. The second-order valence-electron chi connectivity index (χ2n) is 5.25. The van der Waals surface area contributed by atoms with Gasteiger partial charge in [-0.05, 0) is 12.1 Å². The summed E-state index contributed by atoms with van der Waals surface area (Å²) in [5.74, 6) is 1.53. The molecule has 0 amide bonds. The average molecular weight is 377 g/mol. The van der Waals surface area contributed by atoms with Crippen LogP contribution in [0.25, 0.3) is 0 Å². The van der Waals surface area contributed by atoms with Crippen molar-refractivity contribution in [1.82, 2.24) is 0 Å². The maximum atomic E-state index is 12.3. The topological polar surface area (TPSA) is 84.5 Å². The van der Waals surface area contributed by atoms with E-state index in [1.807, 2.05) is 0 Å². The molecular weight excluding hydrogens is 354 g/mol. The minimum absolute atomic E-state index is 0.224. The molecule has 2 aromatic rings. The molecule has 0 aliphatic heterocycles. The minimum atomic E-state index is -0.558. The van der Waals surface area contributed by atoms with Gasteiger partial charge in [0, 0.05) is 17.8 Å². The van der Waals surface area contributed by atoms with Crippen LogP contribution >= 0.6 is 0 Å². The Labute approximate surface area is 157 Å². The summed E-state index contributed by atoms with van der Waals surface area (Å²) >= 11 is 0. The Kier molecular flexibility index (Phi) is 6.59. The summed E-state index contributed by atoms with van der Waals surface area (Å²) in [6, 6.07) is 6.77. The number of esters is 1. The quantitative estimate of drug-likeness (QED) is 0.702. The summed E-state index contributed by atoms with van der Waals surface area (Å²) in [4.78, 5) is 12.3. The molecule has 0 atom stereocenters. The van der Waals surface area contributed by atoms with Crippen molar-refractivity contribution in [2.75, 3.05) is 48.0 Å². The van der Waals surface area contributed by atoms with E-state index in [9.17, 15) is 4.79 Å². The molecule has 146 valence electrons. The van der Waals surface area contributed by atoms with E-state index in [-0.39, 0.29) is 5.56 Å². The standard InChI is InChI=1S/C19H23NO7/c1-22-13-8-7-11(9-14(13)23-2)20-16-12(19(21)27-6)10-15(24-3)17(25-4)18(16)26-5/h7-10,20H,1-6H3. The van der Waals surface area contributed by atoms with Crippen LogP contribution in [-0.4, -0.2) is 48.6 Å². The largest absolute Gasteiger partial charge is 0.493 e. The van der Waals surface area contributed by atoms with Gasteiger partial charge in [0.1, 0.15) is 5.69 Å². The van der Waals surface area contributed by atoms with E-state index in [2.05, 4.69) is 5.32 Å². The summed E-state index contributed by atoms with van der Waals surface area (Å²) in [6.07, 6.45) is 0. The fraction of sp³-hybridized carbons (Fsp3) is 0.316. The average Bonchev–Trinajstić information content (AvgIpc) is 2.72. The van der Waals surface area contributed by atoms with Crippen LogP contribution in [0.1, 0.15) is 10.4 Å². The van der Waals surface area contributed by atoms with Crippen LogP contribution in [0.15, 0.2) is 24.3 Å². The van der Waals surface area contributed by atoms with Gasteiger partial charge < -0.3 is 33.7 Å². The van der Waals surface area contributed by atoms with Crippen LogP contribution in [0, 0.1) is 0 Å². The van der Waals surface area contributed by atoms with E-state index in [1.165, 1.54) is 34.5 Å². The van der Waals surface area contributed by atoms with E-state index in [0.717, 1.165) is 0 Å². The zero-order chi connectivity index (χ0) is 20.0. The Hall–Kier alpha value is -3.29. The molecule has 0 aromatic heterocycles. The van der Waals surface area contributed by atoms with E-state index < -0.39 is 5.97 Å². The third-order valence-corrected chi connectivity index (χ3v) is 3.89. The van der Waals surface area contributed by atoms with Crippen molar-refractivity contribution in [2.45, 2.75) is 0 Å². The Bertz CT molecular complexity index is 820. The zero-order valence-corrected chi connectivity index (χ0v) is 16.2. The Morgan fingerprint density at radius 1 is 0.741 bits per heavy atom. The number of nitrogens with one attached hydrogen (secondary N) is 1. The van der Waals surface area contributed by atoms with Crippen molar-refractivity contribution < 1.29 is 33.2 Å². The molecule has 0 saturated heterocycles. The lowest BCUT2D eigenvalue weighted by molar-refractivity contribution is 0.0601. The van der Waals surface area contributed by atoms with Gasteiger partial charge in [0.05, 0.1) is 48.2 Å². The van der Waals surface area contributed by atoms with Crippen molar-refractivity contribution in [2.24, 2.45) is 0 Å². The normalized spacial score (nSPS) is 10.0. The van der Waals surface area contributed by atoms with Crippen molar-refractivity contribution in [3.63, 3.8) is 0 Å². The lowest BCUT2D eigenvalue weighted by Gasteiger charge is -2.20. The molecular formula is C19H23NO7. The van der Waals surface area contributed by atoms with Gasteiger partial charge in [0.15, 0.2) is 23.0 Å². The molecule has 0 saturated carbocycles. The van der Waals surface area contributed by atoms with Crippen LogP contribution in [-0.2, 0) is 4.74 Å². The molecule has 0 radical (unpaired) electrons. The summed E-state index contributed by atoms with van der Waals surface area (Å²) in [7, 11) is 8.82. The first kappa shape index (κ1) is 20.0. The molecule has 0 bridgehead atoms. The summed E-state index contributed by atoms with van der Waals surface area (Å²) < 4.78 is 31.7. The first-order chi connectivity index (χ1) is 13.0. The molecule has 0 heterocycles. The second kappa shape index (κ2) is 8.88. The Morgan fingerprint density at radius 2 is 1.37 bits per heavy atom. The van der Waals surface area contributed by atoms with Crippen LogP contribution in [0.3, 0.4) is 0 Å². The summed E-state index contributed by atoms with van der Waals surface area (Å²) in [5.41, 5.74) is 1.24. The summed E-state index contributed by atoms with van der Waals surface area (Å²) in [6.45, 7) is 0. The van der Waals surface area contributed by atoms with E-state index in [1.54, 1.807) is 32.4 Å². The van der Waals surface area contributed by atoms with Crippen molar-refractivity contribution in [1.29, 1.82) is 0 Å². The zero-order valence-electron chi connectivity index (χ0n) is 16.2.